The topological polar surface area (TPSA) is 121 Å². The molecule has 0 aliphatic carbocycles. The minimum Gasteiger partial charge on any atom is -0.481 e. The van der Waals surface area contributed by atoms with Gasteiger partial charge in [0.05, 0.1) is 16.8 Å². The van der Waals surface area contributed by atoms with Crippen molar-refractivity contribution in [2.45, 2.75) is 11.3 Å². The maximum atomic E-state index is 12.2. The summed E-state index contributed by atoms with van der Waals surface area (Å²) in [5, 5.41) is 8.57. The fourth-order valence-electron chi connectivity index (χ4n) is 1.64. The highest BCUT2D eigenvalue weighted by atomic mass is 32.2. The van der Waals surface area contributed by atoms with Crippen LogP contribution < -0.4 is 5.76 Å². The first-order valence-corrected chi connectivity index (χ1v) is 7.06. The zero-order valence-corrected chi connectivity index (χ0v) is 11.3. The third kappa shape index (κ3) is 2.73. The zero-order valence-electron chi connectivity index (χ0n) is 10.5. The third-order valence-corrected chi connectivity index (χ3v) is 4.59. The molecule has 9 heteroatoms. The van der Waals surface area contributed by atoms with Gasteiger partial charge in [0.15, 0.2) is 5.58 Å². The highest BCUT2D eigenvalue weighted by Gasteiger charge is 2.22. The monoisotopic (exact) mass is 300 g/mol. The van der Waals surface area contributed by atoms with Gasteiger partial charge >= 0.3 is 11.7 Å². The summed E-state index contributed by atoms with van der Waals surface area (Å²) >= 11 is 0. The Morgan fingerprint density at radius 1 is 1.45 bits per heavy atom. The highest BCUT2D eigenvalue weighted by molar-refractivity contribution is 7.89. The number of carbonyl (C=O) groups is 1. The fourth-order valence-corrected chi connectivity index (χ4v) is 2.83. The predicted molar refractivity (Wildman–Crippen MR) is 68.9 cm³/mol. The van der Waals surface area contributed by atoms with E-state index in [-0.39, 0.29) is 23.4 Å². The van der Waals surface area contributed by atoms with Gasteiger partial charge in [-0.3, -0.25) is 9.78 Å². The molecule has 0 fully saturated rings. The van der Waals surface area contributed by atoms with Crippen molar-refractivity contribution in [2.24, 2.45) is 0 Å². The van der Waals surface area contributed by atoms with E-state index in [4.69, 9.17) is 9.52 Å². The van der Waals surface area contributed by atoms with Crippen LogP contribution in [0.2, 0.25) is 0 Å². The number of nitrogens with zero attached hydrogens (tertiary/aromatic N) is 1. The van der Waals surface area contributed by atoms with Crippen molar-refractivity contribution < 1.29 is 22.7 Å². The van der Waals surface area contributed by atoms with Gasteiger partial charge in [-0.1, -0.05) is 0 Å². The molecule has 0 saturated heterocycles. The Hall–Kier alpha value is -2.13. The lowest BCUT2D eigenvalue weighted by atomic mass is 10.3. The third-order valence-electron chi connectivity index (χ3n) is 2.74. The van der Waals surface area contributed by atoms with Gasteiger partial charge in [-0.05, 0) is 12.1 Å². The second-order valence-electron chi connectivity index (χ2n) is 4.14. The Labute approximate surface area is 113 Å². The number of aliphatic carboxylic acids is 1. The largest absolute Gasteiger partial charge is 0.481 e. The van der Waals surface area contributed by atoms with Crippen LogP contribution in [0.25, 0.3) is 11.1 Å². The van der Waals surface area contributed by atoms with Gasteiger partial charge in [-0.25, -0.2) is 17.5 Å². The van der Waals surface area contributed by atoms with Crippen molar-refractivity contribution in [2.75, 3.05) is 13.6 Å². The summed E-state index contributed by atoms with van der Waals surface area (Å²) in [7, 11) is -2.54. The van der Waals surface area contributed by atoms with E-state index in [1.165, 1.54) is 25.2 Å². The number of carboxylic acids is 1. The van der Waals surface area contributed by atoms with E-state index < -0.39 is 21.7 Å². The molecule has 108 valence electrons. The molecule has 2 rings (SSSR count). The fraction of sp³-hybridized carbons (Fsp3) is 0.273. The van der Waals surface area contributed by atoms with Gasteiger partial charge in [0.25, 0.3) is 0 Å². The van der Waals surface area contributed by atoms with E-state index >= 15 is 0 Å². The van der Waals surface area contributed by atoms with E-state index in [0.29, 0.717) is 5.52 Å². The molecule has 1 aromatic carbocycles. The number of benzene rings is 1. The van der Waals surface area contributed by atoms with Crippen LogP contribution in [0.5, 0.6) is 0 Å². The molecule has 0 saturated carbocycles. The average molecular weight is 300 g/mol. The second kappa shape index (κ2) is 5.10. The quantitative estimate of drug-likeness (QED) is 0.814. The molecule has 0 aliphatic rings. The minimum absolute atomic E-state index is 0.0689. The molecule has 0 bridgehead atoms. The first-order chi connectivity index (χ1) is 9.30. The van der Waals surface area contributed by atoms with Crippen LogP contribution in [-0.2, 0) is 14.8 Å². The van der Waals surface area contributed by atoms with E-state index in [9.17, 15) is 18.0 Å². The molecule has 0 radical (unpaired) electrons. The first-order valence-electron chi connectivity index (χ1n) is 5.62. The van der Waals surface area contributed by atoms with Crippen LogP contribution in [-0.4, -0.2) is 42.4 Å². The number of rotatable bonds is 5. The zero-order chi connectivity index (χ0) is 14.9. The number of hydrogen-bond donors (Lipinski definition) is 2. The summed E-state index contributed by atoms with van der Waals surface area (Å²) in [6.45, 7) is -0.146. The van der Waals surface area contributed by atoms with Crippen molar-refractivity contribution in [3.63, 3.8) is 0 Å². The molecule has 0 unspecified atom stereocenters. The van der Waals surface area contributed by atoms with Crippen molar-refractivity contribution in [1.29, 1.82) is 0 Å². The van der Waals surface area contributed by atoms with E-state index in [1.54, 1.807) is 0 Å². The Morgan fingerprint density at radius 3 is 2.80 bits per heavy atom. The van der Waals surface area contributed by atoms with Crippen molar-refractivity contribution in [3.05, 3.63) is 28.7 Å². The Bertz CT molecular complexity index is 804. The lowest BCUT2D eigenvalue weighted by Crippen LogP contribution is -2.29. The first kappa shape index (κ1) is 14.3. The van der Waals surface area contributed by atoms with Crippen molar-refractivity contribution in [3.8, 4) is 0 Å². The number of nitrogens with one attached hydrogen (secondary N) is 1. The summed E-state index contributed by atoms with van der Waals surface area (Å²) < 4.78 is 30.1. The van der Waals surface area contributed by atoms with Gasteiger partial charge < -0.3 is 9.52 Å². The lowest BCUT2D eigenvalue weighted by molar-refractivity contribution is -0.137. The standard InChI is InChI=1S/C11H12N2O6S/c1-13(5-4-10(14)15)20(17,18)7-2-3-8-9(6-7)19-11(16)12-8/h2-3,6H,4-5H2,1H3,(H,12,16)(H,14,15). The molecular weight excluding hydrogens is 288 g/mol. The molecule has 2 aromatic rings. The second-order valence-corrected chi connectivity index (χ2v) is 6.19. The molecule has 0 atom stereocenters. The number of carboxylic acid groups (broad SMARTS) is 1. The van der Waals surface area contributed by atoms with Crippen LogP contribution in [0.1, 0.15) is 6.42 Å². The van der Waals surface area contributed by atoms with Crippen LogP contribution >= 0.6 is 0 Å². The molecule has 2 N–H and O–H groups in total. The van der Waals surface area contributed by atoms with Crippen LogP contribution in [0.3, 0.4) is 0 Å². The number of oxazole rings is 1. The van der Waals surface area contributed by atoms with Crippen molar-refractivity contribution >= 4 is 27.1 Å². The van der Waals surface area contributed by atoms with Gasteiger partial charge in [0.1, 0.15) is 0 Å². The van der Waals surface area contributed by atoms with Gasteiger partial charge in [0.2, 0.25) is 10.0 Å². The SMILES string of the molecule is CN(CCC(=O)O)S(=O)(=O)c1ccc2[nH]c(=O)oc2c1. The number of aromatic nitrogens is 1. The molecule has 0 spiro atoms. The van der Waals surface area contributed by atoms with E-state index in [0.717, 1.165) is 4.31 Å². The van der Waals surface area contributed by atoms with Crippen LogP contribution in [0, 0.1) is 0 Å². The highest BCUT2D eigenvalue weighted by Crippen LogP contribution is 2.19. The smallest absolute Gasteiger partial charge is 0.417 e. The molecule has 1 aromatic heterocycles. The predicted octanol–water partition coefficient (Wildman–Crippen LogP) is 0.216. The molecule has 8 nitrogen and oxygen atoms in total. The summed E-state index contributed by atoms with van der Waals surface area (Å²) in [4.78, 5) is 23.8. The summed E-state index contributed by atoms with van der Waals surface area (Å²) in [6, 6.07) is 3.96. The number of sulfonamides is 1. The van der Waals surface area contributed by atoms with Gasteiger partial charge in [0, 0.05) is 19.7 Å². The Kier molecular flexibility index (Phi) is 3.64. The molecule has 0 amide bonds. The Balaban J connectivity index is 2.35. The number of aromatic amines is 1. The van der Waals surface area contributed by atoms with E-state index in [1.807, 2.05) is 0 Å². The normalized spacial score (nSPS) is 12.1. The number of fused-ring (bicyclic) bond motifs is 1. The van der Waals surface area contributed by atoms with Crippen LogP contribution in [0.15, 0.2) is 32.3 Å². The summed E-state index contributed by atoms with van der Waals surface area (Å²) in [5.41, 5.74) is 0.518. The molecule has 20 heavy (non-hydrogen) atoms. The van der Waals surface area contributed by atoms with Crippen LogP contribution in [0.4, 0.5) is 0 Å². The maximum absolute atomic E-state index is 12.2. The average Bonchev–Trinajstić information content (AvgIpc) is 2.74. The maximum Gasteiger partial charge on any atom is 0.417 e. The molecule has 1 heterocycles. The van der Waals surface area contributed by atoms with Gasteiger partial charge in [-0.15, -0.1) is 0 Å². The molecule has 0 aliphatic heterocycles. The lowest BCUT2D eigenvalue weighted by Gasteiger charge is -2.15. The number of H-pyrrole nitrogens is 1. The Morgan fingerprint density at radius 2 is 2.15 bits per heavy atom. The number of hydrogen-bond acceptors (Lipinski definition) is 5. The summed E-state index contributed by atoms with van der Waals surface area (Å²) in [5.74, 6) is -1.76. The summed E-state index contributed by atoms with van der Waals surface area (Å²) in [6.07, 6.45) is -0.294. The van der Waals surface area contributed by atoms with Crippen molar-refractivity contribution in [1.82, 2.24) is 9.29 Å². The molecular formula is C11H12N2O6S. The van der Waals surface area contributed by atoms with E-state index in [2.05, 4.69) is 4.98 Å². The minimum atomic E-state index is -3.82. The van der Waals surface area contributed by atoms with Gasteiger partial charge in [-0.2, -0.15) is 0 Å².